The number of carbonyl (C=O) groups is 2. The van der Waals surface area contributed by atoms with Gasteiger partial charge in [-0.2, -0.15) is 0 Å². The minimum absolute atomic E-state index is 0.434. The van der Waals surface area contributed by atoms with Crippen LogP contribution in [0.1, 0.15) is 0 Å². The molecule has 1 N–H and O–H groups in total. The number of halogens is 4. The fourth-order valence-electron chi connectivity index (χ4n) is 0.545. The maximum atomic E-state index is 11.0. The highest BCUT2D eigenvalue weighted by atomic mass is 79.9. The number of rotatable bonds is 0. The number of carbonyl (C=O) groups excluding carboxylic acids is 2. The topological polar surface area (TPSA) is 46.2 Å². The summed E-state index contributed by atoms with van der Waals surface area (Å²) in [5.74, 6) is -0.868. The van der Waals surface area contributed by atoms with E-state index >= 15 is 0 Å². The van der Waals surface area contributed by atoms with Crippen molar-refractivity contribution in [1.29, 1.82) is 0 Å². The molecule has 0 aromatic carbocycles. The molecule has 1 aliphatic heterocycles. The highest BCUT2D eigenvalue weighted by Gasteiger charge is 2.62. The van der Waals surface area contributed by atoms with Gasteiger partial charge >= 0.3 is 0 Å². The van der Waals surface area contributed by atoms with Crippen LogP contribution < -0.4 is 5.32 Å². The summed E-state index contributed by atoms with van der Waals surface area (Å²) in [4.78, 5) is 22.1. The second-order valence-electron chi connectivity index (χ2n) is 1.93. The van der Waals surface area contributed by atoms with Crippen molar-refractivity contribution in [3.8, 4) is 0 Å². The summed E-state index contributed by atoms with van der Waals surface area (Å²) in [7, 11) is 0. The Hall–Kier alpha value is 1.06. The second kappa shape index (κ2) is 2.78. The first-order chi connectivity index (χ1) is 4.80. The van der Waals surface area contributed by atoms with Crippen LogP contribution in [0.2, 0.25) is 0 Å². The van der Waals surface area contributed by atoms with Gasteiger partial charge < -0.3 is 0 Å². The van der Waals surface area contributed by atoms with Crippen LogP contribution in [0.3, 0.4) is 0 Å². The van der Waals surface area contributed by atoms with Crippen LogP contribution in [0.15, 0.2) is 0 Å². The number of imide groups is 1. The molecule has 3 nitrogen and oxygen atoms in total. The van der Waals surface area contributed by atoms with Gasteiger partial charge in [0.25, 0.3) is 11.8 Å². The first kappa shape index (κ1) is 10.1. The zero-order valence-electron chi connectivity index (χ0n) is 4.83. The lowest BCUT2D eigenvalue weighted by molar-refractivity contribution is -0.124. The van der Waals surface area contributed by atoms with E-state index in [1.807, 2.05) is 0 Å². The lowest BCUT2D eigenvalue weighted by Crippen LogP contribution is -2.36. The van der Waals surface area contributed by atoms with Gasteiger partial charge in [0.15, 0.2) is 6.47 Å². The third kappa shape index (κ3) is 1.34. The Morgan fingerprint density at radius 1 is 0.909 bits per heavy atom. The molecule has 7 heteroatoms. The molecule has 0 aliphatic carbocycles. The monoisotopic (exact) mass is 411 g/mol. The summed E-state index contributed by atoms with van der Waals surface area (Å²) in [6.45, 7) is 0. The normalized spacial score (nSPS) is 26.9. The fraction of sp³-hybridized carbons (Fsp3) is 0.500. The van der Waals surface area contributed by atoms with E-state index < -0.39 is 18.3 Å². The molecule has 1 fully saturated rings. The summed E-state index contributed by atoms with van der Waals surface area (Å²) in [5.41, 5.74) is 0. The minimum atomic E-state index is -1.12. The Morgan fingerprint density at radius 3 is 1.27 bits per heavy atom. The number of alkyl halides is 4. The molecule has 1 heterocycles. The highest BCUT2D eigenvalue weighted by molar-refractivity contribution is 9.31. The van der Waals surface area contributed by atoms with E-state index in [9.17, 15) is 9.59 Å². The van der Waals surface area contributed by atoms with Crippen LogP contribution in [0.5, 0.6) is 0 Å². The van der Waals surface area contributed by atoms with Crippen LogP contribution in [0.25, 0.3) is 0 Å². The highest BCUT2D eigenvalue weighted by Crippen LogP contribution is 2.51. The van der Waals surface area contributed by atoms with Crippen LogP contribution in [0, 0.1) is 0 Å². The average molecular weight is 415 g/mol. The van der Waals surface area contributed by atoms with E-state index in [0.29, 0.717) is 0 Å². The molecule has 62 valence electrons. The van der Waals surface area contributed by atoms with Crippen LogP contribution in [-0.4, -0.2) is 18.3 Å². The van der Waals surface area contributed by atoms with Crippen molar-refractivity contribution in [1.82, 2.24) is 5.32 Å². The van der Waals surface area contributed by atoms with Crippen molar-refractivity contribution in [3.63, 3.8) is 0 Å². The molecule has 0 spiro atoms. The summed E-state index contributed by atoms with van der Waals surface area (Å²) in [6, 6.07) is 0. The third-order valence-electron chi connectivity index (χ3n) is 1.19. The van der Waals surface area contributed by atoms with Gasteiger partial charge in [0, 0.05) is 0 Å². The Bertz CT molecular complexity index is 212. The lowest BCUT2D eigenvalue weighted by Gasteiger charge is -2.20. The smallest absolute Gasteiger partial charge is 0.257 e. The molecule has 0 unspecified atom stereocenters. The third-order valence-corrected chi connectivity index (χ3v) is 7.14. The van der Waals surface area contributed by atoms with Crippen molar-refractivity contribution in [3.05, 3.63) is 0 Å². The summed E-state index contributed by atoms with van der Waals surface area (Å²) in [6.07, 6.45) is 0. The van der Waals surface area contributed by atoms with Crippen molar-refractivity contribution < 1.29 is 9.59 Å². The molecule has 0 aromatic rings. The Labute approximate surface area is 96.2 Å². The van der Waals surface area contributed by atoms with Crippen molar-refractivity contribution in [2.45, 2.75) is 6.47 Å². The van der Waals surface area contributed by atoms with Gasteiger partial charge in [-0.05, 0) is 0 Å². The lowest BCUT2D eigenvalue weighted by atomic mass is 10.3. The molecule has 2 amide bonds. The van der Waals surface area contributed by atoms with E-state index in [2.05, 4.69) is 69.0 Å². The van der Waals surface area contributed by atoms with E-state index in [1.165, 1.54) is 0 Å². The van der Waals surface area contributed by atoms with E-state index in [1.54, 1.807) is 0 Å². The van der Waals surface area contributed by atoms with Crippen molar-refractivity contribution >= 4 is 75.5 Å². The zero-order valence-corrected chi connectivity index (χ0v) is 11.2. The van der Waals surface area contributed by atoms with Gasteiger partial charge in [-0.15, -0.1) is 0 Å². The molecule has 11 heavy (non-hydrogen) atoms. The Kier molecular flexibility index (Phi) is 2.56. The summed E-state index contributed by atoms with van der Waals surface area (Å²) >= 11 is 12.2. The van der Waals surface area contributed by atoms with Crippen LogP contribution in [-0.2, 0) is 9.59 Å². The molecular formula is C4HBr4NO2. The maximum absolute atomic E-state index is 11.0. The van der Waals surface area contributed by atoms with E-state index in [4.69, 9.17) is 0 Å². The number of nitrogens with one attached hydrogen (secondary N) is 1. The zero-order chi connectivity index (χ0) is 8.86. The first-order valence-corrected chi connectivity index (χ1v) is 5.59. The van der Waals surface area contributed by atoms with E-state index in [-0.39, 0.29) is 0 Å². The number of hydrogen-bond acceptors (Lipinski definition) is 2. The summed E-state index contributed by atoms with van der Waals surface area (Å²) < 4.78 is -2.24. The van der Waals surface area contributed by atoms with Gasteiger partial charge in [-0.25, -0.2) is 0 Å². The maximum Gasteiger partial charge on any atom is 0.257 e. The van der Waals surface area contributed by atoms with Crippen molar-refractivity contribution in [2.24, 2.45) is 0 Å². The predicted molar refractivity (Wildman–Crippen MR) is 54.3 cm³/mol. The molecule has 1 saturated heterocycles. The van der Waals surface area contributed by atoms with Gasteiger partial charge in [-0.1, -0.05) is 63.7 Å². The quantitative estimate of drug-likeness (QED) is 0.484. The standard InChI is InChI=1S/C4HBr4NO2/c5-3(6)1(10)9-2(11)4(3,7)8/h(H,9,10,11). The minimum Gasteiger partial charge on any atom is -0.292 e. The molecule has 1 aliphatic rings. The SMILES string of the molecule is O=C1NC(=O)C(Br)(Br)C1(Br)Br. The molecule has 0 aromatic heterocycles. The van der Waals surface area contributed by atoms with Crippen LogP contribution >= 0.6 is 63.7 Å². The molecule has 0 radical (unpaired) electrons. The largest absolute Gasteiger partial charge is 0.292 e. The van der Waals surface area contributed by atoms with Gasteiger partial charge in [0.2, 0.25) is 0 Å². The second-order valence-corrected chi connectivity index (χ2v) is 8.82. The molecule has 0 bridgehead atoms. The predicted octanol–water partition coefficient (Wildman–Crippen LogP) is 1.61. The number of hydrogen-bond donors (Lipinski definition) is 1. The van der Waals surface area contributed by atoms with Crippen molar-refractivity contribution in [2.75, 3.05) is 0 Å². The Balaban J connectivity index is 3.15. The van der Waals surface area contributed by atoms with Gasteiger partial charge in [0.05, 0.1) is 0 Å². The molecule has 1 rings (SSSR count). The Morgan fingerprint density at radius 2 is 1.18 bits per heavy atom. The van der Waals surface area contributed by atoms with Gasteiger partial charge in [0.1, 0.15) is 0 Å². The van der Waals surface area contributed by atoms with E-state index in [0.717, 1.165) is 0 Å². The number of amides is 2. The molecular weight excluding hydrogens is 414 g/mol. The average Bonchev–Trinajstić information content (AvgIpc) is 1.95. The first-order valence-electron chi connectivity index (χ1n) is 2.41. The molecule has 0 saturated carbocycles. The molecule has 0 atom stereocenters. The van der Waals surface area contributed by atoms with Gasteiger partial charge in [-0.3, -0.25) is 14.9 Å². The summed E-state index contributed by atoms with van der Waals surface area (Å²) in [5, 5.41) is 2.13. The van der Waals surface area contributed by atoms with Crippen LogP contribution in [0.4, 0.5) is 0 Å². The fourth-order valence-corrected chi connectivity index (χ4v) is 1.66.